The van der Waals surface area contributed by atoms with Gasteiger partial charge in [-0.15, -0.1) is 0 Å². The topological polar surface area (TPSA) is 61.0 Å². The molecular formula is C15H18BrN3O. The normalized spacial score (nSPS) is 10.9. The summed E-state index contributed by atoms with van der Waals surface area (Å²) in [5.74, 6) is 1.94. The molecule has 20 heavy (non-hydrogen) atoms. The van der Waals surface area contributed by atoms with Crippen LogP contribution in [0.5, 0.6) is 11.6 Å². The SMILES string of the molecule is Cc1cc(Oc2ncnc(N)c2C(C)C)cc(C)c1Br. The molecule has 0 aliphatic heterocycles. The van der Waals surface area contributed by atoms with Crippen molar-refractivity contribution in [2.45, 2.75) is 33.6 Å². The van der Waals surface area contributed by atoms with E-state index in [2.05, 4.69) is 25.9 Å². The molecule has 1 aromatic heterocycles. The lowest BCUT2D eigenvalue weighted by atomic mass is 10.1. The van der Waals surface area contributed by atoms with E-state index in [0.29, 0.717) is 11.7 Å². The van der Waals surface area contributed by atoms with E-state index >= 15 is 0 Å². The molecule has 2 rings (SSSR count). The van der Waals surface area contributed by atoms with Crippen molar-refractivity contribution in [3.05, 3.63) is 39.6 Å². The standard InChI is InChI=1S/C15H18BrN3O/c1-8(2)12-14(17)18-7-19-15(12)20-11-5-9(3)13(16)10(4)6-11/h5-8H,1-4H3,(H2,17,18,19). The number of benzene rings is 1. The van der Waals surface area contributed by atoms with Crippen LogP contribution in [0.4, 0.5) is 5.82 Å². The van der Waals surface area contributed by atoms with Gasteiger partial charge in [-0.25, -0.2) is 9.97 Å². The maximum atomic E-state index is 5.92. The van der Waals surface area contributed by atoms with Crippen LogP contribution in [0.3, 0.4) is 0 Å². The zero-order valence-corrected chi connectivity index (χ0v) is 13.7. The molecule has 4 nitrogen and oxygen atoms in total. The minimum atomic E-state index is 0.198. The molecule has 0 saturated carbocycles. The fourth-order valence-electron chi connectivity index (χ4n) is 2.09. The van der Waals surface area contributed by atoms with Gasteiger partial charge in [-0.1, -0.05) is 29.8 Å². The number of nitrogens with two attached hydrogens (primary N) is 1. The molecule has 0 radical (unpaired) electrons. The second-order valence-corrected chi connectivity index (χ2v) is 5.90. The van der Waals surface area contributed by atoms with Gasteiger partial charge in [-0.05, 0) is 43.0 Å². The van der Waals surface area contributed by atoms with Crippen LogP contribution in [-0.4, -0.2) is 9.97 Å². The van der Waals surface area contributed by atoms with E-state index in [-0.39, 0.29) is 5.92 Å². The Kier molecular flexibility index (Phi) is 4.28. The van der Waals surface area contributed by atoms with Gasteiger partial charge in [0, 0.05) is 4.47 Å². The van der Waals surface area contributed by atoms with Gasteiger partial charge >= 0.3 is 0 Å². The van der Waals surface area contributed by atoms with Crippen LogP contribution in [0.15, 0.2) is 22.9 Å². The zero-order chi connectivity index (χ0) is 14.9. The molecule has 0 amide bonds. The number of aryl methyl sites for hydroxylation is 2. The van der Waals surface area contributed by atoms with Crippen LogP contribution in [0.2, 0.25) is 0 Å². The minimum Gasteiger partial charge on any atom is -0.439 e. The molecule has 5 heteroatoms. The number of nitrogen functional groups attached to an aromatic ring is 1. The van der Waals surface area contributed by atoms with Crippen LogP contribution < -0.4 is 10.5 Å². The third-order valence-electron chi connectivity index (χ3n) is 3.08. The van der Waals surface area contributed by atoms with Gasteiger partial charge in [0.15, 0.2) is 0 Å². The lowest BCUT2D eigenvalue weighted by Crippen LogP contribution is -2.04. The predicted octanol–water partition coefficient (Wildman–Crippen LogP) is 4.35. The molecular weight excluding hydrogens is 318 g/mol. The largest absolute Gasteiger partial charge is 0.439 e. The van der Waals surface area contributed by atoms with Gasteiger partial charge < -0.3 is 10.5 Å². The van der Waals surface area contributed by atoms with E-state index in [9.17, 15) is 0 Å². The quantitative estimate of drug-likeness (QED) is 0.905. The van der Waals surface area contributed by atoms with Crippen molar-refractivity contribution in [1.29, 1.82) is 0 Å². The average Bonchev–Trinajstić information content (AvgIpc) is 2.35. The molecule has 0 aliphatic carbocycles. The molecule has 106 valence electrons. The first-order valence-corrected chi connectivity index (χ1v) is 7.24. The lowest BCUT2D eigenvalue weighted by molar-refractivity contribution is 0.451. The maximum Gasteiger partial charge on any atom is 0.227 e. The summed E-state index contributed by atoms with van der Waals surface area (Å²) in [6.07, 6.45) is 1.43. The molecule has 0 fully saturated rings. The van der Waals surface area contributed by atoms with Crippen LogP contribution in [0.25, 0.3) is 0 Å². The molecule has 0 unspecified atom stereocenters. The summed E-state index contributed by atoms with van der Waals surface area (Å²) in [4.78, 5) is 8.24. The van der Waals surface area contributed by atoms with Crippen molar-refractivity contribution in [3.63, 3.8) is 0 Å². The summed E-state index contributed by atoms with van der Waals surface area (Å²) >= 11 is 3.55. The monoisotopic (exact) mass is 335 g/mol. The number of rotatable bonds is 3. The second kappa shape index (κ2) is 5.79. The summed E-state index contributed by atoms with van der Waals surface area (Å²) in [5, 5.41) is 0. The number of hydrogen-bond donors (Lipinski definition) is 1. The van der Waals surface area contributed by atoms with Gasteiger partial charge in [0.2, 0.25) is 5.88 Å². The molecule has 0 spiro atoms. The van der Waals surface area contributed by atoms with Crippen molar-refractivity contribution < 1.29 is 4.74 Å². The molecule has 1 heterocycles. The van der Waals surface area contributed by atoms with Gasteiger partial charge in [-0.3, -0.25) is 0 Å². The summed E-state index contributed by atoms with van der Waals surface area (Å²) in [6.45, 7) is 8.14. The van der Waals surface area contributed by atoms with Crippen molar-refractivity contribution in [3.8, 4) is 11.6 Å². The molecule has 0 saturated heterocycles. The lowest BCUT2D eigenvalue weighted by Gasteiger charge is -2.15. The predicted molar refractivity (Wildman–Crippen MR) is 84.2 cm³/mol. The molecule has 0 atom stereocenters. The third-order valence-corrected chi connectivity index (χ3v) is 4.33. The fourth-order valence-corrected chi connectivity index (χ4v) is 2.32. The maximum absolute atomic E-state index is 5.92. The minimum absolute atomic E-state index is 0.198. The average molecular weight is 336 g/mol. The Morgan fingerprint density at radius 2 is 1.75 bits per heavy atom. The van der Waals surface area contributed by atoms with Crippen molar-refractivity contribution >= 4 is 21.7 Å². The van der Waals surface area contributed by atoms with E-state index in [1.807, 2.05) is 39.8 Å². The smallest absolute Gasteiger partial charge is 0.227 e. The van der Waals surface area contributed by atoms with Crippen LogP contribution in [0, 0.1) is 13.8 Å². The Balaban J connectivity index is 2.43. The summed E-state index contributed by atoms with van der Waals surface area (Å²) < 4.78 is 7.01. The Morgan fingerprint density at radius 1 is 1.15 bits per heavy atom. The van der Waals surface area contributed by atoms with E-state index < -0.39 is 0 Å². The van der Waals surface area contributed by atoms with Crippen molar-refractivity contribution in [2.24, 2.45) is 0 Å². The highest BCUT2D eigenvalue weighted by molar-refractivity contribution is 9.10. The molecule has 2 aromatic rings. The molecule has 2 N–H and O–H groups in total. The first-order valence-electron chi connectivity index (χ1n) is 6.45. The highest BCUT2D eigenvalue weighted by Gasteiger charge is 2.15. The molecule has 1 aromatic carbocycles. The number of hydrogen-bond acceptors (Lipinski definition) is 4. The Bertz CT molecular complexity index is 618. The molecule has 0 aliphatic rings. The van der Waals surface area contributed by atoms with Crippen LogP contribution in [-0.2, 0) is 0 Å². The number of ether oxygens (including phenoxy) is 1. The summed E-state index contributed by atoms with van der Waals surface area (Å²) in [7, 11) is 0. The number of nitrogens with zero attached hydrogens (tertiary/aromatic N) is 2. The highest BCUT2D eigenvalue weighted by atomic mass is 79.9. The summed E-state index contributed by atoms with van der Waals surface area (Å²) in [5.41, 5.74) is 9.00. The molecule has 0 bridgehead atoms. The summed E-state index contributed by atoms with van der Waals surface area (Å²) in [6, 6.07) is 3.94. The van der Waals surface area contributed by atoms with Crippen molar-refractivity contribution in [2.75, 3.05) is 5.73 Å². The van der Waals surface area contributed by atoms with Gasteiger partial charge in [0.25, 0.3) is 0 Å². The number of halogens is 1. The number of aromatic nitrogens is 2. The van der Waals surface area contributed by atoms with Gasteiger partial charge in [-0.2, -0.15) is 0 Å². The highest BCUT2D eigenvalue weighted by Crippen LogP contribution is 2.33. The third kappa shape index (κ3) is 2.93. The second-order valence-electron chi connectivity index (χ2n) is 5.11. The van der Waals surface area contributed by atoms with Gasteiger partial charge in [0.1, 0.15) is 17.9 Å². The Morgan fingerprint density at radius 3 is 2.30 bits per heavy atom. The Hall–Kier alpha value is -1.62. The first-order chi connectivity index (χ1) is 9.40. The van der Waals surface area contributed by atoms with E-state index in [1.165, 1.54) is 6.33 Å². The van der Waals surface area contributed by atoms with E-state index in [0.717, 1.165) is 26.9 Å². The first kappa shape index (κ1) is 14.8. The fraction of sp³-hybridized carbons (Fsp3) is 0.333. The van der Waals surface area contributed by atoms with Crippen LogP contribution >= 0.6 is 15.9 Å². The Labute approximate surface area is 127 Å². The van der Waals surface area contributed by atoms with E-state index in [4.69, 9.17) is 10.5 Å². The number of anilines is 1. The zero-order valence-electron chi connectivity index (χ0n) is 12.1. The van der Waals surface area contributed by atoms with E-state index in [1.54, 1.807) is 0 Å². The van der Waals surface area contributed by atoms with Gasteiger partial charge in [0.05, 0.1) is 5.56 Å². The van der Waals surface area contributed by atoms with Crippen molar-refractivity contribution in [1.82, 2.24) is 9.97 Å². The van der Waals surface area contributed by atoms with Crippen LogP contribution in [0.1, 0.15) is 36.5 Å².